The molecule has 0 aromatic carbocycles. The van der Waals surface area contributed by atoms with Crippen LogP contribution in [0.1, 0.15) is 19.3 Å². The Morgan fingerprint density at radius 2 is 2.23 bits per heavy atom. The van der Waals surface area contributed by atoms with E-state index in [4.69, 9.17) is 10.8 Å². The summed E-state index contributed by atoms with van der Waals surface area (Å²) < 4.78 is 0. The van der Waals surface area contributed by atoms with Crippen molar-refractivity contribution in [2.45, 2.75) is 30.6 Å². The summed E-state index contributed by atoms with van der Waals surface area (Å²) in [4.78, 5) is 10.5. The number of hydrogen-bond acceptors (Lipinski definition) is 3. The van der Waals surface area contributed by atoms with Gasteiger partial charge < -0.3 is 10.8 Å². The van der Waals surface area contributed by atoms with Crippen molar-refractivity contribution in [3.63, 3.8) is 0 Å². The van der Waals surface area contributed by atoms with Crippen LogP contribution in [-0.2, 0) is 4.79 Å². The second-order valence-corrected chi connectivity index (χ2v) is 5.28. The molecule has 0 spiro atoms. The summed E-state index contributed by atoms with van der Waals surface area (Å²) in [6.45, 7) is 0. The van der Waals surface area contributed by atoms with Crippen molar-refractivity contribution in [3.8, 4) is 0 Å². The summed E-state index contributed by atoms with van der Waals surface area (Å²) in [5, 5.41) is 9.21. The number of aliphatic carboxylic acids is 1. The molecule has 3 atom stereocenters. The fraction of sp³-hybridized carbons (Fsp3) is 0.889. The van der Waals surface area contributed by atoms with Crippen molar-refractivity contribution < 1.29 is 9.90 Å². The molecule has 13 heavy (non-hydrogen) atoms. The van der Waals surface area contributed by atoms with E-state index in [0.717, 1.165) is 11.7 Å². The van der Waals surface area contributed by atoms with Crippen LogP contribution in [0.4, 0.5) is 0 Å². The molecule has 4 heteroatoms. The highest BCUT2D eigenvalue weighted by atomic mass is 32.2. The number of nitrogens with two attached hydrogens (primary N) is 1. The minimum atomic E-state index is -0.711. The molecule has 3 N–H and O–H groups in total. The molecule has 1 heterocycles. The first-order valence-corrected chi connectivity index (χ1v) is 5.82. The Morgan fingerprint density at radius 3 is 2.77 bits per heavy atom. The third kappa shape index (κ3) is 1.99. The van der Waals surface area contributed by atoms with Gasteiger partial charge in [0.25, 0.3) is 0 Å². The molecule has 0 amide bonds. The topological polar surface area (TPSA) is 63.3 Å². The van der Waals surface area contributed by atoms with Crippen LogP contribution in [0, 0.1) is 11.8 Å². The maximum Gasteiger partial charge on any atom is 0.303 e. The second kappa shape index (κ2) is 3.50. The van der Waals surface area contributed by atoms with Crippen LogP contribution >= 0.6 is 11.8 Å². The van der Waals surface area contributed by atoms with Crippen molar-refractivity contribution in [1.82, 2.24) is 0 Å². The van der Waals surface area contributed by atoms with E-state index in [0.29, 0.717) is 5.25 Å². The average Bonchev–Trinajstić information content (AvgIpc) is 2.81. The van der Waals surface area contributed by atoms with E-state index in [1.54, 1.807) is 0 Å². The summed E-state index contributed by atoms with van der Waals surface area (Å²) in [5.41, 5.74) is 6.03. The predicted octanol–water partition coefficient (Wildman–Crippen LogP) is 0.930. The van der Waals surface area contributed by atoms with Crippen molar-refractivity contribution >= 4 is 17.7 Å². The van der Waals surface area contributed by atoms with Crippen molar-refractivity contribution in [3.05, 3.63) is 0 Å². The number of carboxylic acids is 1. The summed E-state index contributed by atoms with van der Waals surface area (Å²) >= 11 is 1.88. The molecule has 0 bridgehead atoms. The Bertz CT molecular complexity index is 218. The standard InChI is InChI=1S/C9H15NO2S/c10-8-6(3-7(11)12)4-13-9(8)5-1-2-5/h5-6,8-9H,1-4,10H2,(H,11,12). The van der Waals surface area contributed by atoms with Gasteiger partial charge in [-0.25, -0.2) is 0 Å². The highest BCUT2D eigenvalue weighted by Gasteiger charge is 2.43. The normalized spacial score (nSPS) is 39.3. The van der Waals surface area contributed by atoms with Crippen LogP contribution in [0.2, 0.25) is 0 Å². The fourth-order valence-electron chi connectivity index (χ4n) is 2.02. The van der Waals surface area contributed by atoms with Crippen molar-refractivity contribution in [2.75, 3.05) is 5.75 Å². The lowest BCUT2D eigenvalue weighted by atomic mass is 9.95. The molecule has 2 fully saturated rings. The largest absolute Gasteiger partial charge is 0.481 e. The minimum Gasteiger partial charge on any atom is -0.481 e. The molecule has 74 valence electrons. The highest BCUT2D eigenvalue weighted by Crippen LogP contribution is 2.46. The fourth-order valence-corrected chi connectivity index (χ4v) is 3.82. The van der Waals surface area contributed by atoms with E-state index in [1.807, 2.05) is 11.8 Å². The van der Waals surface area contributed by atoms with E-state index in [-0.39, 0.29) is 18.4 Å². The van der Waals surface area contributed by atoms with Gasteiger partial charge in [0.2, 0.25) is 0 Å². The van der Waals surface area contributed by atoms with Crippen LogP contribution < -0.4 is 5.73 Å². The van der Waals surface area contributed by atoms with E-state index < -0.39 is 5.97 Å². The SMILES string of the molecule is NC1C(CC(=O)O)CSC1C1CC1. The molecule has 1 aliphatic heterocycles. The Morgan fingerprint density at radius 1 is 1.54 bits per heavy atom. The minimum absolute atomic E-state index is 0.119. The first-order chi connectivity index (χ1) is 6.18. The van der Waals surface area contributed by atoms with E-state index >= 15 is 0 Å². The number of thioether (sulfide) groups is 1. The molecular weight excluding hydrogens is 186 g/mol. The molecular formula is C9H15NO2S. The predicted molar refractivity (Wildman–Crippen MR) is 52.7 cm³/mol. The monoisotopic (exact) mass is 201 g/mol. The third-order valence-electron chi connectivity index (χ3n) is 2.95. The van der Waals surface area contributed by atoms with Gasteiger partial charge in [-0.3, -0.25) is 4.79 Å². The van der Waals surface area contributed by atoms with Crippen LogP contribution in [0.15, 0.2) is 0 Å². The van der Waals surface area contributed by atoms with Gasteiger partial charge in [-0.05, 0) is 30.4 Å². The molecule has 0 radical (unpaired) electrons. The number of hydrogen-bond donors (Lipinski definition) is 2. The summed E-state index contributed by atoms with van der Waals surface area (Å²) in [5.74, 6) is 1.22. The zero-order valence-electron chi connectivity index (χ0n) is 7.48. The molecule has 1 saturated carbocycles. The summed E-state index contributed by atoms with van der Waals surface area (Å²) in [6.07, 6.45) is 2.84. The van der Waals surface area contributed by atoms with Gasteiger partial charge >= 0.3 is 5.97 Å². The van der Waals surface area contributed by atoms with Crippen molar-refractivity contribution in [1.29, 1.82) is 0 Å². The Hall–Kier alpha value is -0.220. The molecule has 3 unspecified atom stereocenters. The lowest BCUT2D eigenvalue weighted by Gasteiger charge is -2.17. The van der Waals surface area contributed by atoms with Gasteiger partial charge in [-0.1, -0.05) is 0 Å². The van der Waals surface area contributed by atoms with Gasteiger partial charge in [-0.2, -0.15) is 11.8 Å². The molecule has 1 saturated heterocycles. The van der Waals surface area contributed by atoms with Crippen LogP contribution in [0.3, 0.4) is 0 Å². The third-order valence-corrected chi connectivity index (χ3v) is 4.65. The molecule has 0 aromatic heterocycles. The molecule has 0 aromatic rings. The number of carboxylic acid groups (broad SMARTS) is 1. The van der Waals surface area contributed by atoms with Crippen LogP contribution in [0.25, 0.3) is 0 Å². The molecule has 2 rings (SSSR count). The molecule has 2 aliphatic rings. The first kappa shape index (κ1) is 9.34. The quantitative estimate of drug-likeness (QED) is 0.713. The van der Waals surface area contributed by atoms with Crippen LogP contribution in [-0.4, -0.2) is 28.1 Å². The van der Waals surface area contributed by atoms with Gasteiger partial charge in [0.1, 0.15) is 0 Å². The summed E-state index contributed by atoms with van der Waals surface area (Å²) in [7, 11) is 0. The van der Waals surface area contributed by atoms with Crippen LogP contribution in [0.5, 0.6) is 0 Å². The maximum absolute atomic E-state index is 10.5. The van der Waals surface area contributed by atoms with Gasteiger partial charge in [-0.15, -0.1) is 0 Å². The summed E-state index contributed by atoms with van der Waals surface area (Å²) in [6, 6.07) is 0.119. The van der Waals surface area contributed by atoms with Gasteiger partial charge in [0.05, 0.1) is 6.42 Å². The van der Waals surface area contributed by atoms with E-state index in [9.17, 15) is 4.79 Å². The maximum atomic E-state index is 10.5. The Labute approximate surface area is 82.1 Å². The Kier molecular flexibility index (Phi) is 2.51. The lowest BCUT2D eigenvalue weighted by Crippen LogP contribution is -2.36. The zero-order chi connectivity index (χ0) is 9.42. The highest BCUT2D eigenvalue weighted by molar-refractivity contribution is 8.00. The van der Waals surface area contributed by atoms with Crippen molar-refractivity contribution in [2.24, 2.45) is 17.6 Å². The average molecular weight is 201 g/mol. The Balaban J connectivity index is 1.89. The van der Waals surface area contributed by atoms with Gasteiger partial charge in [0.15, 0.2) is 0 Å². The lowest BCUT2D eigenvalue weighted by molar-refractivity contribution is -0.138. The van der Waals surface area contributed by atoms with Gasteiger partial charge in [0, 0.05) is 11.3 Å². The molecule has 3 nitrogen and oxygen atoms in total. The van der Waals surface area contributed by atoms with E-state index in [2.05, 4.69) is 0 Å². The number of rotatable bonds is 3. The first-order valence-electron chi connectivity index (χ1n) is 4.77. The zero-order valence-corrected chi connectivity index (χ0v) is 8.30. The second-order valence-electron chi connectivity index (χ2n) is 4.07. The van der Waals surface area contributed by atoms with E-state index in [1.165, 1.54) is 12.8 Å². The molecule has 1 aliphatic carbocycles. The smallest absolute Gasteiger partial charge is 0.303 e. The number of carbonyl (C=O) groups is 1.